The van der Waals surface area contributed by atoms with Gasteiger partial charge in [0.25, 0.3) is 0 Å². The van der Waals surface area contributed by atoms with Gasteiger partial charge in [0.1, 0.15) is 29.9 Å². The third-order valence-electron chi connectivity index (χ3n) is 9.72. The van der Waals surface area contributed by atoms with Gasteiger partial charge < -0.3 is 20.7 Å². The Morgan fingerprint density at radius 3 is 2.60 bits per heavy atom. The Labute approximate surface area is 257 Å². The fourth-order valence-corrected chi connectivity index (χ4v) is 8.56. The topological polar surface area (TPSA) is 92.4 Å². The largest absolute Gasteiger partial charge is 0.461 e. The fraction of sp³-hybridized carbons (Fsp3) is 0.500. The van der Waals surface area contributed by atoms with Gasteiger partial charge in [-0.1, -0.05) is 11.3 Å². The van der Waals surface area contributed by atoms with Gasteiger partial charge in [0.15, 0.2) is 10.9 Å². The first-order valence-electron chi connectivity index (χ1n) is 15.0. The van der Waals surface area contributed by atoms with Crippen LogP contribution in [0.25, 0.3) is 32.2 Å². The molecular weight excluding hydrogens is 620 g/mol. The van der Waals surface area contributed by atoms with E-state index in [1.54, 1.807) is 0 Å². The minimum Gasteiger partial charge on any atom is -0.461 e. The summed E-state index contributed by atoms with van der Waals surface area (Å²) in [6, 6.07) is 2.94. The van der Waals surface area contributed by atoms with Crippen LogP contribution in [0.2, 0.25) is 0 Å². The van der Waals surface area contributed by atoms with Crippen molar-refractivity contribution in [3.05, 3.63) is 35.4 Å². The molecule has 4 aromatic rings. The van der Waals surface area contributed by atoms with E-state index in [2.05, 4.69) is 25.2 Å². The van der Waals surface area contributed by atoms with E-state index in [4.69, 9.17) is 10.5 Å². The van der Waals surface area contributed by atoms with E-state index in [1.165, 1.54) is 0 Å². The molecule has 238 valence electrons. The lowest BCUT2D eigenvalue weighted by Crippen LogP contribution is -2.51. The van der Waals surface area contributed by atoms with Gasteiger partial charge in [-0.15, -0.1) is 0 Å². The lowest BCUT2D eigenvalue weighted by Gasteiger charge is -2.35. The van der Waals surface area contributed by atoms with E-state index in [0.717, 1.165) is 61.8 Å². The van der Waals surface area contributed by atoms with Crippen LogP contribution >= 0.6 is 11.3 Å². The highest BCUT2D eigenvalue weighted by atomic mass is 32.1. The van der Waals surface area contributed by atoms with Crippen molar-refractivity contribution < 1.29 is 31.1 Å². The van der Waals surface area contributed by atoms with Crippen LogP contribution in [0.5, 0.6) is 6.01 Å². The maximum atomic E-state index is 16.8. The number of hydrogen-bond donors (Lipinski definition) is 2. The molecule has 0 saturated carbocycles. The van der Waals surface area contributed by atoms with Crippen LogP contribution in [0.4, 0.5) is 37.3 Å². The minimum atomic E-state index is -4.99. The SMILES string of the molecule is Nc1nc2c(-c3c(C(F)(F)F)cc4c(N5CC6CC[C@@H](C5)N6)nc(OC[C@@]56CCCN5C[C@H](F)C6)nc4c3F)ccc(F)c2s1. The zero-order chi connectivity index (χ0) is 31.2. The second kappa shape index (κ2) is 10.3. The van der Waals surface area contributed by atoms with Crippen LogP contribution < -0.4 is 20.7 Å². The molecule has 2 bridgehead atoms. The highest BCUT2D eigenvalue weighted by molar-refractivity contribution is 7.22. The van der Waals surface area contributed by atoms with Gasteiger partial charge in [-0.3, -0.25) is 4.90 Å². The predicted molar refractivity (Wildman–Crippen MR) is 158 cm³/mol. The number of nitrogens with one attached hydrogen (secondary N) is 1. The molecule has 8 nitrogen and oxygen atoms in total. The van der Waals surface area contributed by atoms with Crippen molar-refractivity contribution in [3.63, 3.8) is 0 Å². The lowest BCUT2D eigenvalue weighted by molar-refractivity contribution is -0.137. The van der Waals surface area contributed by atoms with E-state index in [1.807, 2.05) is 4.90 Å². The highest BCUT2D eigenvalue weighted by Gasteiger charge is 2.49. The van der Waals surface area contributed by atoms with Crippen LogP contribution in [0.15, 0.2) is 18.2 Å². The molecule has 0 aliphatic carbocycles. The number of nitrogens with two attached hydrogens (primary N) is 1. The molecule has 4 aliphatic heterocycles. The van der Waals surface area contributed by atoms with Gasteiger partial charge in [0.2, 0.25) is 0 Å². The number of benzene rings is 2. The molecule has 4 aliphatic rings. The molecule has 4 saturated heterocycles. The summed E-state index contributed by atoms with van der Waals surface area (Å²) in [7, 11) is 0. The average molecular weight is 650 g/mol. The fourth-order valence-electron chi connectivity index (χ4n) is 7.79. The van der Waals surface area contributed by atoms with Gasteiger partial charge >= 0.3 is 12.2 Å². The van der Waals surface area contributed by atoms with Crippen molar-refractivity contribution in [2.24, 2.45) is 0 Å². The molecule has 2 aromatic carbocycles. The molecule has 0 amide bonds. The summed E-state index contributed by atoms with van der Waals surface area (Å²) in [6.45, 7) is 2.04. The monoisotopic (exact) mass is 649 g/mol. The van der Waals surface area contributed by atoms with Crippen molar-refractivity contribution >= 4 is 43.4 Å². The second-order valence-corrected chi connectivity index (χ2v) is 13.6. The van der Waals surface area contributed by atoms with E-state index in [0.29, 0.717) is 26.1 Å². The minimum absolute atomic E-state index is 0.0664. The molecule has 45 heavy (non-hydrogen) atoms. The normalized spacial score (nSPS) is 26.8. The molecule has 3 N–H and O–H groups in total. The Hall–Kier alpha value is -3.43. The van der Waals surface area contributed by atoms with Crippen LogP contribution in [0.3, 0.4) is 0 Å². The molecule has 0 radical (unpaired) electrons. The van der Waals surface area contributed by atoms with Crippen LogP contribution in [0, 0.1) is 11.6 Å². The number of hydrogen-bond acceptors (Lipinski definition) is 9. The number of piperazine rings is 1. The van der Waals surface area contributed by atoms with Crippen molar-refractivity contribution in [2.75, 3.05) is 43.4 Å². The molecule has 8 rings (SSSR count). The Morgan fingerprint density at radius 1 is 1.07 bits per heavy atom. The summed E-state index contributed by atoms with van der Waals surface area (Å²) < 4.78 is 96.1. The maximum absolute atomic E-state index is 16.8. The summed E-state index contributed by atoms with van der Waals surface area (Å²) in [4.78, 5) is 16.9. The number of nitrogens with zero attached hydrogens (tertiary/aromatic N) is 5. The standard InChI is InChI=1S/C30H29F6N7OS/c31-14-9-29(6-1-7-43(29)10-14)13-44-28-40-23-18(26(41-28)42-11-15-2-3-16(12-42)38-15)8-19(30(34,35)36)21(22(23)33)17-4-5-20(32)25-24(17)39-27(37)45-25/h4-5,8,14-16,38H,1-3,6-7,9-13H2,(H2,37,39)/t14-,15+,16?,29+/m1/s1. The lowest BCUT2D eigenvalue weighted by atomic mass is 9.95. The number of halogens is 6. The molecule has 0 spiro atoms. The van der Waals surface area contributed by atoms with Gasteiger partial charge in [-0.2, -0.15) is 23.1 Å². The van der Waals surface area contributed by atoms with Crippen LogP contribution in [-0.2, 0) is 6.18 Å². The van der Waals surface area contributed by atoms with Crippen molar-refractivity contribution in [2.45, 2.75) is 62.1 Å². The quantitative estimate of drug-likeness (QED) is 0.267. The highest BCUT2D eigenvalue weighted by Crippen LogP contribution is 2.47. The molecule has 2 aromatic heterocycles. The Morgan fingerprint density at radius 2 is 1.84 bits per heavy atom. The van der Waals surface area contributed by atoms with Crippen molar-refractivity contribution in [1.82, 2.24) is 25.2 Å². The Balaban J connectivity index is 1.32. The Kier molecular flexibility index (Phi) is 6.63. The number of anilines is 2. The molecular formula is C30H29F6N7OS. The molecule has 6 heterocycles. The van der Waals surface area contributed by atoms with Crippen LogP contribution in [-0.4, -0.2) is 76.4 Å². The van der Waals surface area contributed by atoms with E-state index < -0.39 is 40.6 Å². The summed E-state index contributed by atoms with van der Waals surface area (Å²) in [5.74, 6) is -1.84. The predicted octanol–water partition coefficient (Wildman–Crippen LogP) is 5.68. The zero-order valence-electron chi connectivity index (χ0n) is 23.9. The van der Waals surface area contributed by atoms with E-state index in [9.17, 15) is 22.0 Å². The number of thiazole rings is 1. The third kappa shape index (κ3) is 4.76. The van der Waals surface area contributed by atoms with Crippen molar-refractivity contribution in [3.8, 4) is 17.1 Å². The van der Waals surface area contributed by atoms with Crippen LogP contribution in [0.1, 0.15) is 37.7 Å². The number of fused-ring (bicyclic) bond motifs is 5. The number of rotatable bonds is 5. The van der Waals surface area contributed by atoms with Gasteiger partial charge in [-0.05, 0) is 50.4 Å². The van der Waals surface area contributed by atoms with Gasteiger partial charge in [0.05, 0.1) is 21.3 Å². The maximum Gasteiger partial charge on any atom is 0.417 e. The van der Waals surface area contributed by atoms with E-state index in [-0.39, 0.29) is 62.3 Å². The number of aromatic nitrogens is 3. The van der Waals surface area contributed by atoms with Gasteiger partial charge in [0, 0.05) is 54.7 Å². The first-order valence-corrected chi connectivity index (χ1v) is 15.8. The summed E-state index contributed by atoms with van der Waals surface area (Å²) >= 11 is 0.765. The summed E-state index contributed by atoms with van der Waals surface area (Å²) in [6.07, 6.45) is -2.28. The molecule has 1 unspecified atom stereocenters. The smallest absolute Gasteiger partial charge is 0.417 e. The number of nitrogen functional groups attached to an aromatic ring is 1. The number of ether oxygens (including phenoxy) is 1. The third-order valence-corrected chi connectivity index (χ3v) is 10.6. The second-order valence-electron chi connectivity index (χ2n) is 12.6. The summed E-state index contributed by atoms with van der Waals surface area (Å²) in [5.41, 5.74) is 2.39. The van der Waals surface area contributed by atoms with Crippen molar-refractivity contribution in [1.29, 1.82) is 0 Å². The average Bonchev–Trinajstić information content (AvgIpc) is 3.73. The van der Waals surface area contributed by atoms with E-state index >= 15 is 4.39 Å². The first kappa shape index (κ1) is 29.0. The number of alkyl halides is 4. The van der Waals surface area contributed by atoms with Gasteiger partial charge in [-0.25, -0.2) is 18.2 Å². The first-order chi connectivity index (χ1) is 21.5. The Bertz CT molecular complexity index is 1820. The zero-order valence-corrected chi connectivity index (χ0v) is 24.7. The molecule has 15 heteroatoms. The summed E-state index contributed by atoms with van der Waals surface area (Å²) in [5, 5.41) is 3.31. The molecule has 4 atom stereocenters. The molecule has 4 fully saturated rings.